The standard InChI is InChI=1S/C12H17NO2/c1-2-8-13-11(12(14)15)9-10-6-4-3-5-7-10/h3-7,11,13H,2,8-9H2,1H3,(H,14,15)/t11-/m1/s1. The minimum atomic E-state index is -0.785. The molecule has 1 aromatic carbocycles. The second kappa shape index (κ2) is 6.19. The molecule has 0 amide bonds. The molecule has 0 fully saturated rings. The van der Waals surface area contributed by atoms with Gasteiger partial charge in [0.25, 0.3) is 0 Å². The van der Waals surface area contributed by atoms with Crippen LogP contribution in [0.5, 0.6) is 0 Å². The van der Waals surface area contributed by atoms with Gasteiger partial charge in [-0.1, -0.05) is 37.3 Å². The molecule has 2 N–H and O–H groups in total. The molecular formula is C12H17NO2. The number of carbonyl (C=O) groups is 1. The Balaban J connectivity index is 2.55. The number of aliphatic carboxylic acids is 1. The summed E-state index contributed by atoms with van der Waals surface area (Å²) in [4.78, 5) is 10.9. The molecule has 3 heteroatoms. The van der Waals surface area contributed by atoms with Gasteiger partial charge >= 0.3 is 5.97 Å². The van der Waals surface area contributed by atoms with Crippen molar-refractivity contribution in [3.63, 3.8) is 0 Å². The van der Waals surface area contributed by atoms with Gasteiger partial charge in [-0.15, -0.1) is 0 Å². The molecule has 0 saturated carbocycles. The van der Waals surface area contributed by atoms with Crippen molar-refractivity contribution in [2.75, 3.05) is 6.54 Å². The Kier molecular flexibility index (Phi) is 4.84. The van der Waals surface area contributed by atoms with E-state index in [1.165, 1.54) is 0 Å². The van der Waals surface area contributed by atoms with Crippen LogP contribution >= 0.6 is 0 Å². The summed E-state index contributed by atoms with van der Waals surface area (Å²) in [5.74, 6) is -0.785. The van der Waals surface area contributed by atoms with Gasteiger partial charge in [-0.05, 0) is 24.9 Å². The fourth-order valence-corrected chi connectivity index (χ4v) is 1.42. The molecule has 0 aliphatic rings. The minimum absolute atomic E-state index is 0.479. The molecule has 1 atom stereocenters. The Hall–Kier alpha value is -1.35. The third kappa shape index (κ3) is 4.13. The van der Waals surface area contributed by atoms with Gasteiger partial charge in [-0.3, -0.25) is 4.79 Å². The van der Waals surface area contributed by atoms with Crippen LogP contribution in [0.3, 0.4) is 0 Å². The van der Waals surface area contributed by atoms with Crippen LogP contribution in [-0.4, -0.2) is 23.7 Å². The first-order valence-corrected chi connectivity index (χ1v) is 5.24. The predicted molar refractivity (Wildman–Crippen MR) is 59.9 cm³/mol. The summed E-state index contributed by atoms with van der Waals surface area (Å²) in [6.07, 6.45) is 1.48. The molecule has 1 rings (SSSR count). The average Bonchev–Trinajstić information content (AvgIpc) is 2.25. The maximum atomic E-state index is 10.9. The van der Waals surface area contributed by atoms with E-state index in [1.807, 2.05) is 37.3 Å². The summed E-state index contributed by atoms with van der Waals surface area (Å²) < 4.78 is 0. The summed E-state index contributed by atoms with van der Waals surface area (Å²) >= 11 is 0. The van der Waals surface area contributed by atoms with Gasteiger partial charge in [0.1, 0.15) is 6.04 Å². The van der Waals surface area contributed by atoms with E-state index in [2.05, 4.69) is 5.32 Å². The number of hydrogen-bond acceptors (Lipinski definition) is 2. The Labute approximate surface area is 90.1 Å². The first kappa shape index (κ1) is 11.7. The molecule has 3 nitrogen and oxygen atoms in total. The lowest BCUT2D eigenvalue weighted by atomic mass is 10.1. The van der Waals surface area contributed by atoms with E-state index in [-0.39, 0.29) is 0 Å². The first-order valence-electron chi connectivity index (χ1n) is 5.24. The number of benzene rings is 1. The van der Waals surface area contributed by atoms with Gasteiger partial charge < -0.3 is 10.4 Å². The lowest BCUT2D eigenvalue weighted by Crippen LogP contribution is -2.38. The molecular weight excluding hydrogens is 190 g/mol. The second-order valence-electron chi connectivity index (χ2n) is 3.53. The van der Waals surface area contributed by atoms with Gasteiger partial charge in [0.2, 0.25) is 0 Å². The van der Waals surface area contributed by atoms with Crippen molar-refractivity contribution in [1.29, 1.82) is 0 Å². The zero-order valence-electron chi connectivity index (χ0n) is 8.94. The molecule has 0 aliphatic heterocycles. The SMILES string of the molecule is CCCN[C@H](Cc1ccccc1)C(=O)O. The zero-order chi connectivity index (χ0) is 11.1. The van der Waals surface area contributed by atoms with Crippen molar-refractivity contribution in [3.8, 4) is 0 Å². The summed E-state index contributed by atoms with van der Waals surface area (Å²) in [7, 11) is 0. The number of carboxylic acid groups (broad SMARTS) is 1. The van der Waals surface area contributed by atoms with Gasteiger partial charge in [0.15, 0.2) is 0 Å². The Morgan fingerprint density at radius 1 is 1.40 bits per heavy atom. The van der Waals surface area contributed by atoms with Crippen LogP contribution in [0, 0.1) is 0 Å². The van der Waals surface area contributed by atoms with Crippen molar-refractivity contribution in [2.24, 2.45) is 0 Å². The first-order chi connectivity index (χ1) is 7.24. The predicted octanol–water partition coefficient (Wildman–Crippen LogP) is 1.68. The Morgan fingerprint density at radius 2 is 2.07 bits per heavy atom. The highest BCUT2D eigenvalue weighted by molar-refractivity contribution is 5.73. The highest BCUT2D eigenvalue weighted by Gasteiger charge is 2.16. The van der Waals surface area contributed by atoms with E-state index >= 15 is 0 Å². The quantitative estimate of drug-likeness (QED) is 0.746. The highest BCUT2D eigenvalue weighted by atomic mass is 16.4. The van der Waals surface area contributed by atoms with E-state index in [4.69, 9.17) is 5.11 Å². The van der Waals surface area contributed by atoms with E-state index in [0.29, 0.717) is 6.42 Å². The van der Waals surface area contributed by atoms with Crippen molar-refractivity contribution in [1.82, 2.24) is 5.32 Å². The smallest absolute Gasteiger partial charge is 0.321 e. The third-order valence-corrected chi connectivity index (χ3v) is 2.22. The third-order valence-electron chi connectivity index (χ3n) is 2.22. The number of rotatable bonds is 6. The van der Waals surface area contributed by atoms with Crippen LogP contribution in [0.2, 0.25) is 0 Å². The molecule has 0 aromatic heterocycles. The number of hydrogen-bond donors (Lipinski definition) is 2. The molecule has 0 aliphatic carbocycles. The van der Waals surface area contributed by atoms with Crippen LogP contribution in [0.25, 0.3) is 0 Å². The monoisotopic (exact) mass is 207 g/mol. The van der Waals surface area contributed by atoms with E-state index < -0.39 is 12.0 Å². The van der Waals surface area contributed by atoms with Crippen LogP contribution in [0.15, 0.2) is 30.3 Å². The van der Waals surface area contributed by atoms with Crippen molar-refractivity contribution >= 4 is 5.97 Å². The highest BCUT2D eigenvalue weighted by Crippen LogP contribution is 2.03. The molecule has 15 heavy (non-hydrogen) atoms. The lowest BCUT2D eigenvalue weighted by Gasteiger charge is -2.13. The van der Waals surface area contributed by atoms with Gasteiger partial charge in [-0.25, -0.2) is 0 Å². The maximum absolute atomic E-state index is 10.9. The second-order valence-corrected chi connectivity index (χ2v) is 3.53. The van der Waals surface area contributed by atoms with Gasteiger partial charge in [0, 0.05) is 0 Å². The number of nitrogens with one attached hydrogen (secondary N) is 1. The molecule has 0 unspecified atom stereocenters. The fourth-order valence-electron chi connectivity index (χ4n) is 1.42. The van der Waals surface area contributed by atoms with Gasteiger partial charge in [-0.2, -0.15) is 0 Å². The van der Waals surface area contributed by atoms with Crippen LogP contribution in [0.4, 0.5) is 0 Å². The molecule has 0 radical (unpaired) electrons. The van der Waals surface area contributed by atoms with E-state index in [9.17, 15) is 4.79 Å². The van der Waals surface area contributed by atoms with Crippen molar-refractivity contribution in [2.45, 2.75) is 25.8 Å². The van der Waals surface area contributed by atoms with Crippen LogP contribution in [0.1, 0.15) is 18.9 Å². The van der Waals surface area contributed by atoms with Crippen LogP contribution in [-0.2, 0) is 11.2 Å². The molecule has 0 spiro atoms. The normalized spacial score (nSPS) is 12.3. The van der Waals surface area contributed by atoms with Gasteiger partial charge in [0.05, 0.1) is 0 Å². The minimum Gasteiger partial charge on any atom is -0.480 e. The molecule has 1 aromatic rings. The maximum Gasteiger partial charge on any atom is 0.321 e. The van der Waals surface area contributed by atoms with E-state index in [0.717, 1.165) is 18.5 Å². The topological polar surface area (TPSA) is 49.3 Å². The Morgan fingerprint density at radius 3 is 2.60 bits per heavy atom. The molecule has 0 bridgehead atoms. The Bertz CT molecular complexity index is 298. The lowest BCUT2D eigenvalue weighted by molar-refractivity contribution is -0.139. The summed E-state index contributed by atoms with van der Waals surface area (Å²) in [6.45, 7) is 2.76. The summed E-state index contributed by atoms with van der Waals surface area (Å²) in [6, 6.07) is 9.20. The number of carboxylic acids is 1. The summed E-state index contributed by atoms with van der Waals surface area (Å²) in [5.41, 5.74) is 1.05. The average molecular weight is 207 g/mol. The molecule has 0 saturated heterocycles. The van der Waals surface area contributed by atoms with Crippen molar-refractivity contribution < 1.29 is 9.90 Å². The van der Waals surface area contributed by atoms with E-state index in [1.54, 1.807) is 0 Å². The fraction of sp³-hybridized carbons (Fsp3) is 0.417. The molecule has 82 valence electrons. The summed E-state index contributed by atoms with van der Waals surface area (Å²) in [5, 5.41) is 12.0. The van der Waals surface area contributed by atoms with Crippen molar-refractivity contribution in [3.05, 3.63) is 35.9 Å². The van der Waals surface area contributed by atoms with Crippen LogP contribution < -0.4 is 5.32 Å². The zero-order valence-corrected chi connectivity index (χ0v) is 8.94. The largest absolute Gasteiger partial charge is 0.480 e. The molecule has 0 heterocycles.